The lowest BCUT2D eigenvalue weighted by Crippen LogP contribution is -2.47. The molecule has 2 aromatic carbocycles. The summed E-state index contributed by atoms with van der Waals surface area (Å²) in [5, 5.41) is 3.23. The van der Waals surface area contributed by atoms with Gasteiger partial charge in [-0.05, 0) is 62.4 Å². The molecule has 0 bridgehead atoms. The standard InChI is InChI=1S/C30H39N3O4/c1-22-10-14-25(15-11-22)33(28(35)19-18-27(34)32-20-6-7-21-32)29(23-12-16-26(37-2)17-13-23)30(36)31-24-8-4-3-5-9-24/h10-17,24,29H,3-9,18-21H2,1-2H3,(H,31,36)/t29-/m1/s1. The Morgan fingerprint density at radius 1 is 0.919 bits per heavy atom. The third-order valence-corrected chi connectivity index (χ3v) is 7.48. The van der Waals surface area contributed by atoms with Gasteiger partial charge in [-0.3, -0.25) is 19.3 Å². The highest BCUT2D eigenvalue weighted by Gasteiger charge is 2.34. The van der Waals surface area contributed by atoms with Gasteiger partial charge in [-0.2, -0.15) is 0 Å². The second kappa shape index (κ2) is 12.7. The number of nitrogens with zero attached hydrogens (tertiary/aromatic N) is 2. The Balaban J connectivity index is 1.65. The van der Waals surface area contributed by atoms with Crippen molar-refractivity contribution >= 4 is 23.4 Å². The molecule has 1 saturated carbocycles. The summed E-state index contributed by atoms with van der Waals surface area (Å²) in [4.78, 5) is 43.9. The number of ether oxygens (including phenoxy) is 1. The average Bonchev–Trinajstić information content (AvgIpc) is 3.47. The van der Waals surface area contributed by atoms with Crippen LogP contribution in [0.4, 0.5) is 5.69 Å². The highest BCUT2D eigenvalue weighted by molar-refractivity contribution is 6.02. The first-order chi connectivity index (χ1) is 18.0. The largest absolute Gasteiger partial charge is 0.497 e. The normalized spacial score (nSPS) is 16.8. The maximum Gasteiger partial charge on any atom is 0.248 e. The first-order valence-electron chi connectivity index (χ1n) is 13.6. The van der Waals surface area contributed by atoms with Crippen LogP contribution in [0.25, 0.3) is 0 Å². The van der Waals surface area contributed by atoms with Gasteiger partial charge < -0.3 is 15.0 Å². The lowest BCUT2D eigenvalue weighted by Gasteiger charge is -2.33. The molecule has 2 aromatic rings. The van der Waals surface area contributed by atoms with Gasteiger partial charge in [0.15, 0.2) is 0 Å². The number of hydrogen-bond acceptors (Lipinski definition) is 4. The molecule has 3 amide bonds. The number of benzene rings is 2. The van der Waals surface area contributed by atoms with Gasteiger partial charge in [0.2, 0.25) is 17.7 Å². The van der Waals surface area contributed by atoms with Crippen molar-refractivity contribution in [1.82, 2.24) is 10.2 Å². The molecule has 7 heteroatoms. The number of carbonyl (C=O) groups is 3. The molecule has 1 N–H and O–H groups in total. The van der Waals surface area contributed by atoms with E-state index in [9.17, 15) is 14.4 Å². The third kappa shape index (κ3) is 6.90. The molecule has 1 saturated heterocycles. The molecule has 1 aliphatic carbocycles. The summed E-state index contributed by atoms with van der Waals surface area (Å²) in [6, 6.07) is 14.2. The summed E-state index contributed by atoms with van der Waals surface area (Å²) in [6.07, 6.45) is 7.48. The number of methoxy groups -OCH3 is 1. The van der Waals surface area contributed by atoms with E-state index in [1.54, 1.807) is 12.0 Å². The first kappa shape index (κ1) is 26.7. The van der Waals surface area contributed by atoms with E-state index in [-0.39, 0.29) is 36.6 Å². The highest BCUT2D eigenvalue weighted by Crippen LogP contribution is 2.31. The van der Waals surface area contributed by atoms with Crippen LogP contribution in [0.15, 0.2) is 48.5 Å². The van der Waals surface area contributed by atoms with E-state index in [4.69, 9.17) is 4.74 Å². The number of hydrogen-bond donors (Lipinski definition) is 1. The first-order valence-corrected chi connectivity index (χ1v) is 13.6. The fraction of sp³-hybridized carbons (Fsp3) is 0.500. The SMILES string of the molecule is COc1ccc([C@H](C(=O)NC2CCCCC2)N(C(=O)CCC(=O)N2CCCC2)c2ccc(C)cc2)cc1. The second-order valence-electron chi connectivity index (χ2n) is 10.2. The molecule has 1 aliphatic heterocycles. The van der Waals surface area contributed by atoms with Gasteiger partial charge in [0.25, 0.3) is 0 Å². The van der Waals surface area contributed by atoms with Crippen LogP contribution in [-0.2, 0) is 14.4 Å². The summed E-state index contributed by atoms with van der Waals surface area (Å²) in [7, 11) is 1.60. The van der Waals surface area contributed by atoms with Gasteiger partial charge >= 0.3 is 0 Å². The van der Waals surface area contributed by atoms with Gasteiger partial charge in [-0.1, -0.05) is 49.1 Å². The summed E-state index contributed by atoms with van der Waals surface area (Å²) >= 11 is 0. The topological polar surface area (TPSA) is 79.0 Å². The molecule has 0 unspecified atom stereocenters. The maximum atomic E-state index is 13.9. The number of aryl methyl sites for hydroxylation is 1. The molecule has 2 aliphatic rings. The summed E-state index contributed by atoms with van der Waals surface area (Å²) in [6.45, 7) is 3.50. The van der Waals surface area contributed by atoms with Gasteiger partial charge in [-0.15, -0.1) is 0 Å². The van der Waals surface area contributed by atoms with E-state index < -0.39 is 6.04 Å². The van der Waals surface area contributed by atoms with Crippen molar-refractivity contribution in [2.24, 2.45) is 0 Å². The van der Waals surface area contributed by atoms with Crippen LogP contribution in [0.2, 0.25) is 0 Å². The van der Waals surface area contributed by atoms with E-state index >= 15 is 0 Å². The Kier molecular flexibility index (Phi) is 9.20. The zero-order chi connectivity index (χ0) is 26.2. The van der Waals surface area contributed by atoms with Crippen LogP contribution in [0.3, 0.4) is 0 Å². The maximum absolute atomic E-state index is 13.9. The van der Waals surface area contributed by atoms with E-state index in [0.717, 1.165) is 57.2 Å². The van der Waals surface area contributed by atoms with Crippen molar-refractivity contribution in [3.8, 4) is 5.75 Å². The molecule has 0 aromatic heterocycles. The zero-order valence-corrected chi connectivity index (χ0v) is 22.1. The molecule has 1 heterocycles. The molecule has 0 radical (unpaired) electrons. The Labute approximate surface area is 220 Å². The molecule has 7 nitrogen and oxygen atoms in total. The van der Waals surface area contributed by atoms with E-state index in [2.05, 4.69) is 5.32 Å². The number of carbonyl (C=O) groups excluding carboxylic acids is 3. The smallest absolute Gasteiger partial charge is 0.248 e. The molecule has 1 atom stereocenters. The number of amides is 3. The Morgan fingerprint density at radius 3 is 2.19 bits per heavy atom. The van der Waals surface area contributed by atoms with Crippen molar-refractivity contribution in [2.45, 2.75) is 76.8 Å². The van der Waals surface area contributed by atoms with Crippen LogP contribution in [-0.4, -0.2) is 48.9 Å². The summed E-state index contributed by atoms with van der Waals surface area (Å²) in [5.74, 6) is 0.245. The van der Waals surface area contributed by atoms with Gasteiger partial charge in [0, 0.05) is 37.7 Å². The minimum atomic E-state index is -0.857. The molecule has 198 valence electrons. The molecule has 2 fully saturated rings. The van der Waals surface area contributed by atoms with Crippen molar-refractivity contribution < 1.29 is 19.1 Å². The Bertz CT molecular complexity index is 1060. The van der Waals surface area contributed by atoms with E-state index in [1.807, 2.05) is 60.4 Å². The second-order valence-corrected chi connectivity index (χ2v) is 10.2. The van der Waals surface area contributed by atoms with Crippen LogP contribution in [0, 0.1) is 6.92 Å². The van der Waals surface area contributed by atoms with Gasteiger partial charge in [0.05, 0.1) is 7.11 Å². The predicted octanol–water partition coefficient (Wildman–Crippen LogP) is 4.93. The van der Waals surface area contributed by atoms with Crippen molar-refractivity contribution in [1.29, 1.82) is 0 Å². The Hall–Kier alpha value is -3.35. The lowest BCUT2D eigenvalue weighted by atomic mass is 9.94. The van der Waals surface area contributed by atoms with Crippen LogP contribution < -0.4 is 15.0 Å². The van der Waals surface area contributed by atoms with Crippen molar-refractivity contribution in [3.05, 3.63) is 59.7 Å². The molecular formula is C30H39N3O4. The third-order valence-electron chi connectivity index (χ3n) is 7.48. The minimum Gasteiger partial charge on any atom is -0.497 e. The quantitative estimate of drug-likeness (QED) is 0.524. The number of rotatable bonds is 9. The summed E-state index contributed by atoms with van der Waals surface area (Å²) in [5.41, 5.74) is 2.41. The fourth-order valence-corrected chi connectivity index (χ4v) is 5.33. The van der Waals surface area contributed by atoms with Gasteiger partial charge in [0.1, 0.15) is 11.8 Å². The Morgan fingerprint density at radius 2 is 1.57 bits per heavy atom. The number of anilines is 1. The molecule has 0 spiro atoms. The highest BCUT2D eigenvalue weighted by atomic mass is 16.5. The average molecular weight is 506 g/mol. The van der Waals surface area contributed by atoms with Crippen LogP contribution >= 0.6 is 0 Å². The summed E-state index contributed by atoms with van der Waals surface area (Å²) < 4.78 is 5.33. The predicted molar refractivity (Wildman–Crippen MR) is 144 cm³/mol. The molecule has 4 rings (SSSR count). The molecular weight excluding hydrogens is 466 g/mol. The monoisotopic (exact) mass is 505 g/mol. The number of likely N-dealkylation sites (tertiary alicyclic amines) is 1. The van der Waals surface area contributed by atoms with Crippen LogP contribution in [0.5, 0.6) is 5.75 Å². The lowest BCUT2D eigenvalue weighted by molar-refractivity contribution is -0.132. The zero-order valence-electron chi connectivity index (χ0n) is 22.1. The van der Waals surface area contributed by atoms with Gasteiger partial charge in [-0.25, -0.2) is 0 Å². The molecule has 37 heavy (non-hydrogen) atoms. The van der Waals surface area contributed by atoms with Crippen molar-refractivity contribution in [2.75, 3.05) is 25.1 Å². The van der Waals surface area contributed by atoms with Crippen molar-refractivity contribution in [3.63, 3.8) is 0 Å². The fourth-order valence-electron chi connectivity index (χ4n) is 5.33. The van der Waals surface area contributed by atoms with E-state index in [1.165, 1.54) is 6.42 Å². The van der Waals surface area contributed by atoms with E-state index in [0.29, 0.717) is 17.0 Å². The van der Waals surface area contributed by atoms with Crippen LogP contribution in [0.1, 0.15) is 75.0 Å². The number of nitrogens with one attached hydrogen (secondary N) is 1. The minimum absolute atomic E-state index is 0.00219.